The van der Waals surface area contributed by atoms with Crippen molar-refractivity contribution in [1.29, 1.82) is 0 Å². The second-order valence-electron chi connectivity index (χ2n) is 5.88. The first kappa shape index (κ1) is 19.2. The highest BCUT2D eigenvalue weighted by Crippen LogP contribution is 2.15. The van der Waals surface area contributed by atoms with E-state index in [1.54, 1.807) is 11.8 Å². The van der Waals surface area contributed by atoms with E-state index in [2.05, 4.69) is 21.2 Å². The molecule has 1 unspecified atom stereocenters. The first-order valence-corrected chi connectivity index (χ1v) is 9.16. The van der Waals surface area contributed by atoms with E-state index < -0.39 is 6.04 Å². The molecule has 1 N–H and O–H groups in total. The van der Waals surface area contributed by atoms with Crippen LogP contribution < -0.4 is 5.32 Å². The lowest BCUT2D eigenvalue weighted by molar-refractivity contribution is -0.140. The minimum absolute atomic E-state index is 0.0622. The molecule has 25 heavy (non-hydrogen) atoms. The van der Waals surface area contributed by atoms with Crippen LogP contribution in [-0.4, -0.2) is 29.3 Å². The molecular formula is C20H23BrN2O2. The van der Waals surface area contributed by atoms with Gasteiger partial charge < -0.3 is 10.2 Å². The molecule has 0 aliphatic heterocycles. The monoisotopic (exact) mass is 402 g/mol. The maximum Gasteiger partial charge on any atom is 0.242 e. The van der Waals surface area contributed by atoms with Gasteiger partial charge in [-0.15, -0.1) is 0 Å². The van der Waals surface area contributed by atoms with Crippen LogP contribution in [0.1, 0.15) is 25.0 Å². The number of hydrogen-bond acceptors (Lipinski definition) is 2. The van der Waals surface area contributed by atoms with Crippen molar-refractivity contribution < 1.29 is 9.59 Å². The molecule has 0 aromatic heterocycles. The molecule has 0 fully saturated rings. The van der Waals surface area contributed by atoms with Crippen LogP contribution in [-0.2, 0) is 22.6 Å². The highest BCUT2D eigenvalue weighted by atomic mass is 79.9. The SMILES string of the molecule is CCNC(=O)C(C)N(Cc1ccc(Br)cc1)C(=O)Cc1ccccc1. The normalized spacial score (nSPS) is 11.6. The molecule has 1 atom stereocenters. The molecule has 2 aromatic carbocycles. The number of halogens is 1. The minimum atomic E-state index is -0.528. The lowest BCUT2D eigenvalue weighted by Gasteiger charge is -2.29. The molecule has 2 rings (SSSR count). The standard InChI is InChI=1S/C20H23BrN2O2/c1-3-22-20(25)15(2)23(14-17-9-11-18(21)12-10-17)19(24)13-16-7-5-4-6-8-16/h4-12,15H,3,13-14H2,1-2H3,(H,22,25). The average molecular weight is 403 g/mol. The summed E-state index contributed by atoms with van der Waals surface area (Å²) >= 11 is 3.41. The van der Waals surface area contributed by atoms with Gasteiger partial charge in [-0.3, -0.25) is 9.59 Å². The van der Waals surface area contributed by atoms with Crippen LogP contribution in [0.15, 0.2) is 59.1 Å². The quantitative estimate of drug-likeness (QED) is 0.769. The smallest absolute Gasteiger partial charge is 0.242 e. The third-order valence-electron chi connectivity index (χ3n) is 3.98. The maximum absolute atomic E-state index is 12.9. The summed E-state index contributed by atoms with van der Waals surface area (Å²) in [7, 11) is 0. The van der Waals surface area contributed by atoms with E-state index in [1.165, 1.54) is 0 Å². The van der Waals surface area contributed by atoms with Crippen LogP contribution in [0.5, 0.6) is 0 Å². The zero-order valence-corrected chi connectivity index (χ0v) is 16.1. The average Bonchev–Trinajstić information content (AvgIpc) is 2.61. The Balaban J connectivity index is 2.19. The molecule has 0 heterocycles. The van der Waals surface area contributed by atoms with E-state index in [0.717, 1.165) is 15.6 Å². The largest absolute Gasteiger partial charge is 0.355 e. The van der Waals surface area contributed by atoms with Crippen molar-refractivity contribution in [1.82, 2.24) is 10.2 Å². The Hall–Kier alpha value is -2.14. The number of nitrogens with zero attached hydrogens (tertiary/aromatic N) is 1. The van der Waals surface area contributed by atoms with E-state index in [9.17, 15) is 9.59 Å². The van der Waals surface area contributed by atoms with Gasteiger partial charge in [0.2, 0.25) is 11.8 Å². The van der Waals surface area contributed by atoms with E-state index in [0.29, 0.717) is 13.1 Å². The van der Waals surface area contributed by atoms with Gasteiger partial charge in [0.1, 0.15) is 6.04 Å². The van der Waals surface area contributed by atoms with Gasteiger partial charge in [0.25, 0.3) is 0 Å². The Morgan fingerprint density at radius 3 is 2.28 bits per heavy atom. The first-order valence-electron chi connectivity index (χ1n) is 8.36. The topological polar surface area (TPSA) is 49.4 Å². The third-order valence-corrected chi connectivity index (χ3v) is 4.51. The van der Waals surface area contributed by atoms with E-state index >= 15 is 0 Å². The fraction of sp³-hybridized carbons (Fsp3) is 0.300. The number of nitrogens with one attached hydrogen (secondary N) is 1. The first-order chi connectivity index (χ1) is 12.0. The molecular weight excluding hydrogens is 380 g/mol. The van der Waals surface area contributed by atoms with Crippen molar-refractivity contribution in [2.24, 2.45) is 0 Å². The molecule has 0 saturated carbocycles. The Morgan fingerprint density at radius 2 is 1.68 bits per heavy atom. The van der Waals surface area contributed by atoms with Gasteiger partial charge >= 0.3 is 0 Å². The van der Waals surface area contributed by atoms with Crippen molar-refractivity contribution in [3.63, 3.8) is 0 Å². The van der Waals surface area contributed by atoms with Crippen LogP contribution in [0.25, 0.3) is 0 Å². The van der Waals surface area contributed by atoms with Crippen molar-refractivity contribution in [3.8, 4) is 0 Å². The van der Waals surface area contributed by atoms with Gasteiger partial charge in [-0.05, 0) is 37.1 Å². The van der Waals surface area contributed by atoms with Crippen molar-refractivity contribution in [2.75, 3.05) is 6.54 Å². The Bertz CT molecular complexity index is 701. The molecule has 4 nitrogen and oxygen atoms in total. The summed E-state index contributed by atoms with van der Waals surface area (Å²) in [6, 6.07) is 16.8. The maximum atomic E-state index is 12.9. The molecule has 0 spiro atoms. The van der Waals surface area contributed by atoms with Gasteiger partial charge in [-0.2, -0.15) is 0 Å². The lowest BCUT2D eigenvalue weighted by Crippen LogP contribution is -2.48. The van der Waals surface area contributed by atoms with Crippen LogP contribution in [0, 0.1) is 0 Å². The highest BCUT2D eigenvalue weighted by Gasteiger charge is 2.25. The number of amides is 2. The number of likely N-dealkylation sites (N-methyl/N-ethyl adjacent to an activating group) is 1. The second kappa shape index (κ2) is 9.37. The van der Waals surface area contributed by atoms with E-state index in [1.807, 2.05) is 61.5 Å². The van der Waals surface area contributed by atoms with Crippen LogP contribution in [0.4, 0.5) is 0 Å². The van der Waals surface area contributed by atoms with Crippen LogP contribution in [0.3, 0.4) is 0 Å². The number of carbonyl (C=O) groups excluding carboxylic acids is 2. The highest BCUT2D eigenvalue weighted by molar-refractivity contribution is 9.10. The molecule has 132 valence electrons. The molecule has 5 heteroatoms. The van der Waals surface area contributed by atoms with E-state index in [4.69, 9.17) is 0 Å². The molecule has 0 radical (unpaired) electrons. The van der Waals surface area contributed by atoms with Gasteiger partial charge in [-0.1, -0.05) is 58.4 Å². The predicted molar refractivity (Wildman–Crippen MR) is 103 cm³/mol. The number of benzene rings is 2. The lowest BCUT2D eigenvalue weighted by atomic mass is 10.1. The van der Waals surface area contributed by atoms with Gasteiger partial charge in [0.15, 0.2) is 0 Å². The summed E-state index contributed by atoms with van der Waals surface area (Å²) in [6.07, 6.45) is 0.279. The Morgan fingerprint density at radius 1 is 1.04 bits per heavy atom. The molecule has 2 aromatic rings. The Labute approximate surface area is 157 Å². The number of carbonyl (C=O) groups is 2. The summed E-state index contributed by atoms with van der Waals surface area (Å²) in [6.45, 7) is 4.58. The third kappa shape index (κ3) is 5.71. The van der Waals surface area contributed by atoms with E-state index in [-0.39, 0.29) is 18.2 Å². The Kier molecular flexibility index (Phi) is 7.19. The van der Waals surface area contributed by atoms with Crippen molar-refractivity contribution in [2.45, 2.75) is 32.9 Å². The predicted octanol–water partition coefficient (Wildman–Crippen LogP) is 3.55. The van der Waals surface area contributed by atoms with Gasteiger partial charge in [0, 0.05) is 17.6 Å². The molecule has 0 aliphatic carbocycles. The van der Waals surface area contributed by atoms with Gasteiger partial charge in [-0.25, -0.2) is 0 Å². The second-order valence-corrected chi connectivity index (χ2v) is 6.80. The fourth-order valence-corrected chi connectivity index (χ4v) is 2.83. The summed E-state index contributed by atoms with van der Waals surface area (Å²) in [5.41, 5.74) is 1.93. The number of rotatable bonds is 7. The zero-order chi connectivity index (χ0) is 18.2. The summed E-state index contributed by atoms with van der Waals surface area (Å²) in [5.74, 6) is -0.200. The molecule has 2 amide bonds. The molecule has 0 aliphatic rings. The van der Waals surface area contributed by atoms with Crippen molar-refractivity contribution >= 4 is 27.7 Å². The van der Waals surface area contributed by atoms with Crippen LogP contribution >= 0.6 is 15.9 Å². The molecule has 0 bridgehead atoms. The fourth-order valence-electron chi connectivity index (χ4n) is 2.56. The summed E-state index contributed by atoms with van der Waals surface area (Å²) < 4.78 is 0.982. The minimum Gasteiger partial charge on any atom is -0.355 e. The van der Waals surface area contributed by atoms with Crippen LogP contribution in [0.2, 0.25) is 0 Å². The van der Waals surface area contributed by atoms with Crippen molar-refractivity contribution in [3.05, 3.63) is 70.2 Å². The summed E-state index contributed by atoms with van der Waals surface area (Å²) in [5, 5.41) is 2.80. The van der Waals surface area contributed by atoms with Gasteiger partial charge in [0.05, 0.1) is 6.42 Å². The number of hydrogen-bond donors (Lipinski definition) is 1. The zero-order valence-electron chi connectivity index (χ0n) is 14.5. The molecule has 0 saturated heterocycles. The summed E-state index contributed by atoms with van der Waals surface area (Å²) in [4.78, 5) is 26.8.